The number of carbonyl (C=O) groups excluding carboxylic acids is 1. The number of aromatic nitrogens is 1. The lowest BCUT2D eigenvalue weighted by Gasteiger charge is -2.41. The number of nitrogens with zero attached hydrogens (tertiary/aromatic N) is 2. The zero-order valence-electron chi connectivity index (χ0n) is 12.0. The van der Waals surface area contributed by atoms with E-state index in [0.717, 1.165) is 17.0 Å². The number of hydrogen-bond acceptors (Lipinski definition) is 4. The minimum absolute atomic E-state index is 0.0684. The van der Waals surface area contributed by atoms with Crippen LogP contribution in [-0.4, -0.2) is 40.1 Å². The van der Waals surface area contributed by atoms with Gasteiger partial charge in [0.15, 0.2) is 0 Å². The van der Waals surface area contributed by atoms with Gasteiger partial charge in [-0.25, -0.2) is 0 Å². The Morgan fingerprint density at radius 1 is 1.45 bits per heavy atom. The Balaban J connectivity index is 1.79. The molecule has 1 atom stereocenters. The Labute approximate surface area is 117 Å². The Hall–Kier alpha value is -1.85. The summed E-state index contributed by atoms with van der Waals surface area (Å²) < 4.78 is 5.06. The van der Waals surface area contributed by atoms with Gasteiger partial charge in [0.1, 0.15) is 5.76 Å². The first-order valence-electron chi connectivity index (χ1n) is 6.82. The molecule has 1 saturated heterocycles. The second kappa shape index (κ2) is 5.64. The van der Waals surface area contributed by atoms with Gasteiger partial charge in [-0.15, -0.1) is 0 Å². The molecular formula is C14H20N2O4. The van der Waals surface area contributed by atoms with E-state index in [1.807, 2.05) is 13.8 Å². The molecule has 1 fully saturated rings. The van der Waals surface area contributed by atoms with Gasteiger partial charge in [0.25, 0.3) is 0 Å². The van der Waals surface area contributed by atoms with Crippen molar-refractivity contribution in [1.82, 2.24) is 10.1 Å². The number of likely N-dealkylation sites (tertiary alicyclic amines) is 1. The van der Waals surface area contributed by atoms with Crippen molar-refractivity contribution < 1.29 is 19.2 Å². The fourth-order valence-electron chi connectivity index (χ4n) is 2.48. The van der Waals surface area contributed by atoms with Crippen LogP contribution in [0, 0.1) is 25.7 Å². The third-order valence-electron chi connectivity index (χ3n) is 4.13. The number of carboxylic acid groups (broad SMARTS) is 1. The van der Waals surface area contributed by atoms with Crippen molar-refractivity contribution in [3.63, 3.8) is 0 Å². The van der Waals surface area contributed by atoms with Crippen LogP contribution in [0.3, 0.4) is 0 Å². The van der Waals surface area contributed by atoms with E-state index in [2.05, 4.69) is 5.16 Å². The standard InChI is InChI=1S/C14H20N2O4/c1-8(14(18)19)11-6-16(7-11)13(17)5-4-12-9(2)15-20-10(12)3/h8,11H,4-7H2,1-3H3,(H,18,19). The number of rotatable bonds is 5. The molecule has 0 spiro atoms. The van der Waals surface area contributed by atoms with Crippen LogP contribution in [0.4, 0.5) is 0 Å². The third-order valence-corrected chi connectivity index (χ3v) is 4.13. The van der Waals surface area contributed by atoms with Gasteiger partial charge in [0, 0.05) is 31.0 Å². The minimum Gasteiger partial charge on any atom is -0.481 e. The molecular weight excluding hydrogens is 260 g/mol. The predicted molar refractivity (Wildman–Crippen MR) is 71.2 cm³/mol. The van der Waals surface area contributed by atoms with Gasteiger partial charge in [0.2, 0.25) is 5.91 Å². The summed E-state index contributed by atoms with van der Waals surface area (Å²) in [4.78, 5) is 24.6. The number of aryl methyl sites for hydroxylation is 2. The molecule has 1 aliphatic rings. The van der Waals surface area contributed by atoms with Gasteiger partial charge in [0.05, 0.1) is 11.6 Å². The number of carboxylic acids is 1. The van der Waals surface area contributed by atoms with Crippen LogP contribution in [0.5, 0.6) is 0 Å². The maximum atomic E-state index is 12.0. The summed E-state index contributed by atoms with van der Waals surface area (Å²) in [6, 6.07) is 0. The van der Waals surface area contributed by atoms with E-state index in [9.17, 15) is 9.59 Å². The Bertz CT molecular complexity index is 498. The van der Waals surface area contributed by atoms with E-state index in [1.165, 1.54) is 0 Å². The van der Waals surface area contributed by atoms with E-state index in [4.69, 9.17) is 9.63 Å². The smallest absolute Gasteiger partial charge is 0.306 e. The molecule has 6 nitrogen and oxygen atoms in total. The fraction of sp³-hybridized carbons (Fsp3) is 0.643. The SMILES string of the molecule is Cc1noc(C)c1CCC(=O)N1CC(C(C)C(=O)O)C1. The lowest BCUT2D eigenvalue weighted by atomic mass is 9.87. The van der Waals surface area contributed by atoms with Crippen LogP contribution in [-0.2, 0) is 16.0 Å². The van der Waals surface area contributed by atoms with Gasteiger partial charge < -0.3 is 14.5 Å². The summed E-state index contributed by atoms with van der Waals surface area (Å²) in [7, 11) is 0. The molecule has 20 heavy (non-hydrogen) atoms. The molecule has 2 heterocycles. The minimum atomic E-state index is -0.794. The zero-order valence-corrected chi connectivity index (χ0v) is 12.0. The van der Waals surface area contributed by atoms with Crippen LogP contribution in [0.15, 0.2) is 4.52 Å². The monoisotopic (exact) mass is 280 g/mol. The second-order valence-electron chi connectivity index (χ2n) is 5.49. The van der Waals surface area contributed by atoms with Crippen LogP contribution in [0.1, 0.15) is 30.4 Å². The van der Waals surface area contributed by atoms with Gasteiger partial charge in [-0.3, -0.25) is 9.59 Å². The average Bonchev–Trinajstić information content (AvgIpc) is 2.64. The summed E-state index contributed by atoms with van der Waals surface area (Å²) in [5.74, 6) is -0.273. The van der Waals surface area contributed by atoms with Crippen molar-refractivity contribution in [2.45, 2.75) is 33.6 Å². The van der Waals surface area contributed by atoms with E-state index in [-0.39, 0.29) is 17.7 Å². The lowest BCUT2D eigenvalue weighted by molar-refractivity contribution is -0.150. The van der Waals surface area contributed by atoms with E-state index < -0.39 is 5.97 Å². The van der Waals surface area contributed by atoms with Crippen molar-refractivity contribution in [2.24, 2.45) is 11.8 Å². The predicted octanol–water partition coefficient (Wildman–Crippen LogP) is 1.40. The number of aliphatic carboxylic acids is 1. The molecule has 0 aliphatic carbocycles. The number of carbonyl (C=O) groups is 2. The van der Waals surface area contributed by atoms with Crippen molar-refractivity contribution in [1.29, 1.82) is 0 Å². The van der Waals surface area contributed by atoms with E-state index in [1.54, 1.807) is 11.8 Å². The normalized spacial score (nSPS) is 16.9. The molecule has 0 bridgehead atoms. The highest BCUT2D eigenvalue weighted by Crippen LogP contribution is 2.25. The van der Waals surface area contributed by atoms with Gasteiger partial charge in [-0.1, -0.05) is 12.1 Å². The fourth-order valence-corrected chi connectivity index (χ4v) is 2.48. The molecule has 0 aromatic carbocycles. The molecule has 6 heteroatoms. The summed E-state index contributed by atoms with van der Waals surface area (Å²) in [5.41, 5.74) is 1.82. The molecule has 0 radical (unpaired) electrons. The molecule has 1 N–H and O–H groups in total. The topological polar surface area (TPSA) is 83.6 Å². The Kier molecular flexibility index (Phi) is 4.11. The summed E-state index contributed by atoms with van der Waals surface area (Å²) in [6.45, 7) is 6.50. The molecule has 110 valence electrons. The molecule has 1 aromatic rings. The van der Waals surface area contributed by atoms with E-state index >= 15 is 0 Å². The first kappa shape index (κ1) is 14.6. The second-order valence-corrected chi connectivity index (χ2v) is 5.49. The largest absolute Gasteiger partial charge is 0.481 e. The van der Waals surface area contributed by atoms with Crippen LogP contribution in [0.25, 0.3) is 0 Å². The van der Waals surface area contributed by atoms with Crippen LogP contribution >= 0.6 is 0 Å². The number of hydrogen-bond donors (Lipinski definition) is 1. The summed E-state index contributed by atoms with van der Waals surface area (Å²) in [6.07, 6.45) is 1.03. The van der Waals surface area contributed by atoms with Crippen molar-refractivity contribution >= 4 is 11.9 Å². The maximum Gasteiger partial charge on any atom is 0.306 e. The molecule has 1 aliphatic heterocycles. The first-order valence-corrected chi connectivity index (χ1v) is 6.82. The first-order chi connectivity index (χ1) is 9.40. The quantitative estimate of drug-likeness (QED) is 0.881. The summed E-state index contributed by atoms with van der Waals surface area (Å²) >= 11 is 0. The Morgan fingerprint density at radius 3 is 2.60 bits per heavy atom. The van der Waals surface area contributed by atoms with Crippen molar-refractivity contribution in [2.75, 3.05) is 13.1 Å². The Morgan fingerprint density at radius 2 is 2.10 bits per heavy atom. The average molecular weight is 280 g/mol. The van der Waals surface area contributed by atoms with Gasteiger partial charge in [-0.2, -0.15) is 0 Å². The van der Waals surface area contributed by atoms with E-state index in [0.29, 0.717) is 25.9 Å². The summed E-state index contributed by atoms with van der Waals surface area (Å²) in [5, 5.41) is 12.8. The van der Waals surface area contributed by atoms with Crippen LogP contribution < -0.4 is 0 Å². The van der Waals surface area contributed by atoms with Gasteiger partial charge >= 0.3 is 5.97 Å². The highest BCUT2D eigenvalue weighted by molar-refractivity contribution is 5.78. The zero-order chi connectivity index (χ0) is 14.9. The molecule has 1 aromatic heterocycles. The highest BCUT2D eigenvalue weighted by atomic mass is 16.5. The molecule has 1 amide bonds. The number of amides is 1. The van der Waals surface area contributed by atoms with Gasteiger partial charge in [-0.05, 0) is 20.3 Å². The molecule has 1 unspecified atom stereocenters. The molecule has 2 rings (SSSR count). The van der Waals surface area contributed by atoms with Crippen molar-refractivity contribution in [3.8, 4) is 0 Å². The van der Waals surface area contributed by atoms with Crippen molar-refractivity contribution in [3.05, 3.63) is 17.0 Å². The maximum absolute atomic E-state index is 12.0. The lowest BCUT2D eigenvalue weighted by Crippen LogP contribution is -2.53. The third kappa shape index (κ3) is 2.84. The van der Waals surface area contributed by atoms with Crippen LogP contribution in [0.2, 0.25) is 0 Å². The highest BCUT2D eigenvalue weighted by Gasteiger charge is 2.36. The molecule has 0 saturated carbocycles.